The Morgan fingerprint density at radius 2 is 1.69 bits per heavy atom. The minimum atomic E-state index is -1.58. The van der Waals surface area contributed by atoms with Crippen molar-refractivity contribution in [1.82, 2.24) is 0 Å². The molecule has 3 aromatic carbocycles. The van der Waals surface area contributed by atoms with Gasteiger partial charge in [0.1, 0.15) is 5.82 Å². The van der Waals surface area contributed by atoms with E-state index in [1.165, 1.54) is 12.1 Å². The van der Waals surface area contributed by atoms with E-state index in [4.69, 9.17) is 9.47 Å². The van der Waals surface area contributed by atoms with Gasteiger partial charge in [0.05, 0.1) is 13.7 Å². The number of ether oxygens (including phenoxy) is 2. The highest BCUT2D eigenvalue weighted by atomic mass is 19.1. The molecule has 0 aliphatic carbocycles. The third-order valence-electron chi connectivity index (χ3n) is 4.47. The normalized spacial score (nSPS) is 10.8. The molecule has 0 spiro atoms. The second-order valence-electron chi connectivity index (χ2n) is 6.45. The van der Waals surface area contributed by atoms with Crippen LogP contribution < -0.4 is 14.4 Å². The van der Waals surface area contributed by atoms with Crippen LogP contribution in [-0.4, -0.2) is 23.9 Å². The fourth-order valence-electron chi connectivity index (χ4n) is 3.10. The zero-order valence-corrected chi connectivity index (χ0v) is 16.4. The molecule has 6 heteroatoms. The molecule has 3 aromatic rings. The van der Waals surface area contributed by atoms with Crippen molar-refractivity contribution < 1.29 is 24.1 Å². The number of halogens is 1. The van der Waals surface area contributed by atoms with Gasteiger partial charge in [0.15, 0.2) is 17.8 Å². The van der Waals surface area contributed by atoms with Crippen LogP contribution in [0.1, 0.15) is 24.3 Å². The van der Waals surface area contributed by atoms with Gasteiger partial charge >= 0.3 is 0 Å². The number of nitrogens with zero attached hydrogens (tertiary/aromatic N) is 1. The minimum Gasteiger partial charge on any atom is -0.493 e. The lowest BCUT2D eigenvalue weighted by atomic mass is 10.1. The Hall–Kier alpha value is -3.09. The average molecular weight is 397 g/mol. The van der Waals surface area contributed by atoms with E-state index in [-0.39, 0.29) is 5.82 Å². The van der Waals surface area contributed by atoms with Gasteiger partial charge in [0.2, 0.25) is 0 Å². The Morgan fingerprint density at radius 1 is 0.931 bits per heavy atom. The summed E-state index contributed by atoms with van der Waals surface area (Å²) in [6.45, 7) is 2.75. The standard InChI is InChI=1S/C23H24FNO4/c1-3-29-22-14-20(10-11-21(22)28-2)25(15-16-6-4-8-18(24)12-16)19-9-5-7-17(13-19)23(26)27/h4-14,23,26-27H,3,15H2,1-2H3. The molecule has 3 rings (SSSR count). The number of benzene rings is 3. The molecule has 0 atom stereocenters. The van der Waals surface area contributed by atoms with E-state index in [9.17, 15) is 14.6 Å². The van der Waals surface area contributed by atoms with Gasteiger partial charge in [-0.3, -0.25) is 0 Å². The Morgan fingerprint density at radius 3 is 2.38 bits per heavy atom. The Bertz CT molecular complexity index is 961. The van der Waals surface area contributed by atoms with Gasteiger partial charge in [-0.1, -0.05) is 24.3 Å². The minimum absolute atomic E-state index is 0.313. The SMILES string of the molecule is CCOc1cc(N(Cc2cccc(F)c2)c2cccc(C(O)O)c2)ccc1OC. The van der Waals surface area contributed by atoms with Crippen molar-refractivity contribution in [2.24, 2.45) is 0 Å². The first-order valence-corrected chi connectivity index (χ1v) is 9.30. The molecular formula is C23H24FNO4. The van der Waals surface area contributed by atoms with Crippen LogP contribution in [0, 0.1) is 5.82 Å². The lowest BCUT2D eigenvalue weighted by Gasteiger charge is -2.27. The molecule has 0 aromatic heterocycles. The number of aliphatic hydroxyl groups is 2. The monoisotopic (exact) mass is 397 g/mol. The summed E-state index contributed by atoms with van der Waals surface area (Å²) in [5, 5.41) is 19.1. The van der Waals surface area contributed by atoms with Crippen LogP contribution in [0.3, 0.4) is 0 Å². The van der Waals surface area contributed by atoms with Gasteiger partial charge in [-0.2, -0.15) is 0 Å². The van der Waals surface area contributed by atoms with Crippen LogP contribution in [0.4, 0.5) is 15.8 Å². The summed E-state index contributed by atoms with van der Waals surface area (Å²) in [5.41, 5.74) is 2.66. The summed E-state index contributed by atoms with van der Waals surface area (Å²) < 4.78 is 24.8. The van der Waals surface area contributed by atoms with Crippen molar-refractivity contribution in [2.45, 2.75) is 19.8 Å². The highest BCUT2D eigenvalue weighted by Crippen LogP contribution is 2.36. The molecule has 0 saturated carbocycles. The summed E-state index contributed by atoms with van der Waals surface area (Å²) in [4.78, 5) is 1.95. The Kier molecular flexibility index (Phi) is 6.69. The molecule has 5 nitrogen and oxygen atoms in total. The summed E-state index contributed by atoms with van der Waals surface area (Å²) >= 11 is 0. The van der Waals surface area contributed by atoms with Gasteiger partial charge < -0.3 is 24.6 Å². The fraction of sp³-hybridized carbons (Fsp3) is 0.217. The van der Waals surface area contributed by atoms with Crippen LogP contribution in [0.15, 0.2) is 66.7 Å². The van der Waals surface area contributed by atoms with E-state index in [1.807, 2.05) is 42.2 Å². The second kappa shape index (κ2) is 9.41. The van der Waals surface area contributed by atoms with Crippen molar-refractivity contribution >= 4 is 11.4 Å². The van der Waals surface area contributed by atoms with Gasteiger partial charge in [-0.05, 0) is 48.9 Å². The molecule has 2 N–H and O–H groups in total. The summed E-state index contributed by atoms with van der Waals surface area (Å²) in [7, 11) is 1.58. The van der Waals surface area contributed by atoms with E-state index < -0.39 is 6.29 Å². The molecule has 0 fully saturated rings. The number of hydrogen-bond acceptors (Lipinski definition) is 5. The van der Waals surface area contributed by atoms with E-state index in [2.05, 4.69) is 0 Å². The predicted molar refractivity (Wildman–Crippen MR) is 110 cm³/mol. The highest BCUT2D eigenvalue weighted by Gasteiger charge is 2.16. The molecule has 0 saturated heterocycles. The quantitative estimate of drug-likeness (QED) is 0.546. The van der Waals surface area contributed by atoms with E-state index in [0.29, 0.717) is 30.2 Å². The van der Waals surface area contributed by atoms with Crippen molar-refractivity contribution in [1.29, 1.82) is 0 Å². The third-order valence-corrected chi connectivity index (χ3v) is 4.47. The third kappa shape index (κ3) is 5.04. The first-order chi connectivity index (χ1) is 14.0. The number of rotatable bonds is 8. The smallest absolute Gasteiger partial charge is 0.178 e. The summed E-state index contributed by atoms with van der Waals surface area (Å²) in [6, 6.07) is 18.8. The van der Waals surface area contributed by atoms with Crippen LogP contribution in [0.25, 0.3) is 0 Å². The second-order valence-corrected chi connectivity index (χ2v) is 6.45. The average Bonchev–Trinajstić information content (AvgIpc) is 2.72. The van der Waals surface area contributed by atoms with Gasteiger partial charge in [0, 0.05) is 29.5 Å². The topological polar surface area (TPSA) is 62.2 Å². The molecule has 0 aliphatic rings. The molecule has 0 bridgehead atoms. The van der Waals surface area contributed by atoms with Crippen molar-refractivity contribution in [2.75, 3.05) is 18.6 Å². The van der Waals surface area contributed by atoms with Crippen molar-refractivity contribution in [3.63, 3.8) is 0 Å². The number of anilines is 2. The lowest BCUT2D eigenvalue weighted by Crippen LogP contribution is -2.17. The molecule has 29 heavy (non-hydrogen) atoms. The van der Waals surface area contributed by atoms with Crippen LogP contribution in [0.2, 0.25) is 0 Å². The van der Waals surface area contributed by atoms with Gasteiger partial charge in [-0.15, -0.1) is 0 Å². The molecule has 0 unspecified atom stereocenters. The Balaban J connectivity index is 2.07. The first kappa shape index (κ1) is 20.6. The zero-order chi connectivity index (χ0) is 20.8. The van der Waals surface area contributed by atoms with E-state index in [1.54, 1.807) is 31.4 Å². The molecule has 0 heterocycles. The highest BCUT2D eigenvalue weighted by molar-refractivity contribution is 5.67. The van der Waals surface area contributed by atoms with E-state index in [0.717, 1.165) is 16.9 Å². The van der Waals surface area contributed by atoms with Crippen LogP contribution in [-0.2, 0) is 6.54 Å². The maximum atomic E-state index is 13.7. The van der Waals surface area contributed by atoms with Gasteiger partial charge in [0.25, 0.3) is 0 Å². The van der Waals surface area contributed by atoms with Gasteiger partial charge in [-0.25, -0.2) is 4.39 Å². The van der Waals surface area contributed by atoms with Crippen molar-refractivity contribution in [3.05, 3.63) is 83.7 Å². The predicted octanol–water partition coefficient (Wildman–Crippen LogP) is 4.55. The lowest BCUT2D eigenvalue weighted by molar-refractivity contribution is -0.0424. The molecule has 0 aliphatic heterocycles. The molecule has 0 amide bonds. The molecular weight excluding hydrogens is 373 g/mol. The summed E-state index contributed by atoms with van der Waals surface area (Å²) in [5.74, 6) is 0.891. The summed E-state index contributed by atoms with van der Waals surface area (Å²) in [6.07, 6.45) is -1.58. The van der Waals surface area contributed by atoms with E-state index >= 15 is 0 Å². The number of hydrogen-bond donors (Lipinski definition) is 2. The maximum absolute atomic E-state index is 13.7. The number of methoxy groups -OCH3 is 1. The molecule has 0 radical (unpaired) electrons. The maximum Gasteiger partial charge on any atom is 0.178 e. The fourth-order valence-corrected chi connectivity index (χ4v) is 3.10. The number of aliphatic hydroxyl groups excluding tert-OH is 1. The zero-order valence-electron chi connectivity index (χ0n) is 16.4. The molecule has 152 valence electrons. The van der Waals surface area contributed by atoms with Crippen LogP contribution in [0.5, 0.6) is 11.5 Å². The first-order valence-electron chi connectivity index (χ1n) is 9.30. The largest absolute Gasteiger partial charge is 0.493 e. The van der Waals surface area contributed by atoms with Crippen molar-refractivity contribution in [3.8, 4) is 11.5 Å². The van der Waals surface area contributed by atoms with Crippen LogP contribution >= 0.6 is 0 Å². The Labute approximate surface area is 169 Å².